The van der Waals surface area contributed by atoms with Crippen LogP contribution in [0.4, 0.5) is 0 Å². The van der Waals surface area contributed by atoms with Crippen LogP contribution in [0.15, 0.2) is 0 Å². The molecule has 0 aliphatic heterocycles. The maximum absolute atomic E-state index is 12.4. The van der Waals surface area contributed by atoms with Gasteiger partial charge in [-0.25, -0.2) is 4.79 Å². The Hall–Kier alpha value is -2.87. The van der Waals surface area contributed by atoms with Crippen molar-refractivity contribution in [3.8, 4) is 0 Å². The molecule has 0 saturated carbocycles. The first-order valence-corrected chi connectivity index (χ1v) is 9.66. The van der Waals surface area contributed by atoms with Crippen molar-refractivity contribution < 1.29 is 44.1 Å². The van der Waals surface area contributed by atoms with E-state index in [-0.39, 0.29) is 6.42 Å². The minimum absolute atomic E-state index is 0.164. The predicted octanol–water partition coefficient (Wildman–Crippen LogP) is -2.81. The van der Waals surface area contributed by atoms with Gasteiger partial charge in [0.25, 0.3) is 0 Å². The highest BCUT2D eigenvalue weighted by molar-refractivity contribution is 7.98. The minimum atomic E-state index is -1.82. The number of nitrogens with two attached hydrogens (primary N) is 1. The Morgan fingerprint density at radius 2 is 1.31 bits per heavy atom. The zero-order chi connectivity index (χ0) is 22.6. The van der Waals surface area contributed by atoms with E-state index in [1.54, 1.807) is 6.26 Å². The number of hydrogen-bond donors (Lipinski definition) is 7. The third kappa shape index (κ3) is 10.9. The lowest BCUT2D eigenvalue weighted by Crippen LogP contribution is -2.57. The van der Waals surface area contributed by atoms with Gasteiger partial charge in [0.1, 0.15) is 18.1 Å². The minimum Gasteiger partial charge on any atom is -0.481 e. The van der Waals surface area contributed by atoms with Crippen molar-refractivity contribution in [3.05, 3.63) is 0 Å². The third-order valence-corrected chi connectivity index (χ3v) is 4.10. The molecule has 0 aromatic heterocycles. The zero-order valence-corrected chi connectivity index (χ0v) is 16.4. The van der Waals surface area contributed by atoms with Gasteiger partial charge in [0, 0.05) is 0 Å². The molecule has 0 rings (SSSR count). The summed E-state index contributed by atoms with van der Waals surface area (Å²) in [7, 11) is 0. The van der Waals surface area contributed by atoms with Crippen LogP contribution in [0.2, 0.25) is 0 Å². The molecule has 0 heterocycles. The summed E-state index contributed by atoms with van der Waals surface area (Å²) < 4.78 is 0. The van der Waals surface area contributed by atoms with Gasteiger partial charge in [0.15, 0.2) is 0 Å². The standard InChI is InChI=1S/C15H24N4O9S/c1-29-3-2-7(17-10(20)6-16)13(25)18-8(4-11(21)22)14(26)19-9(15(27)28)5-12(23)24/h7-9H,2-6,16H2,1H3,(H,17,20)(H,18,25)(H,19,26)(H,21,22)(H,23,24)(H,27,28). The second kappa shape index (κ2) is 13.3. The summed E-state index contributed by atoms with van der Waals surface area (Å²) in [5.74, 6) is -6.86. The molecule has 13 nitrogen and oxygen atoms in total. The number of thioether (sulfide) groups is 1. The van der Waals surface area contributed by atoms with Crippen LogP contribution in [-0.2, 0) is 28.8 Å². The Morgan fingerprint density at radius 1 is 0.828 bits per heavy atom. The van der Waals surface area contributed by atoms with Crippen LogP contribution in [0.25, 0.3) is 0 Å². The third-order valence-electron chi connectivity index (χ3n) is 3.45. The summed E-state index contributed by atoms with van der Waals surface area (Å²) in [5.41, 5.74) is 5.19. The fraction of sp³-hybridized carbons (Fsp3) is 0.600. The molecular formula is C15H24N4O9S. The molecule has 8 N–H and O–H groups in total. The van der Waals surface area contributed by atoms with Crippen LogP contribution in [0.5, 0.6) is 0 Å². The maximum Gasteiger partial charge on any atom is 0.326 e. The number of carbonyl (C=O) groups is 6. The van der Waals surface area contributed by atoms with Gasteiger partial charge in [-0.05, 0) is 18.4 Å². The summed E-state index contributed by atoms with van der Waals surface area (Å²) in [6, 6.07) is -4.61. The number of amides is 3. The number of rotatable bonds is 14. The molecule has 0 spiro atoms. The first kappa shape index (κ1) is 26.1. The predicted molar refractivity (Wildman–Crippen MR) is 100.0 cm³/mol. The molecule has 0 aliphatic carbocycles. The Bertz CT molecular complexity index is 643. The Kier molecular flexibility index (Phi) is 12.0. The van der Waals surface area contributed by atoms with Crippen molar-refractivity contribution in [2.45, 2.75) is 37.4 Å². The van der Waals surface area contributed by atoms with Gasteiger partial charge in [-0.1, -0.05) is 0 Å². The Morgan fingerprint density at radius 3 is 1.76 bits per heavy atom. The van der Waals surface area contributed by atoms with E-state index in [9.17, 15) is 28.8 Å². The van der Waals surface area contributed by atoms with Gasteiger partial charge in [-0.2, -0.15) is 11.8 Å². The van der Waals surface area contributed by atoms with Gasteiger partial charge >= 0.3 is 17.9 Å². The van der Waals surface area contributed by atoms with Crippen LogP contribution in [-0.4, -0.2) is 87.6 Å². The summed E-state index contributed by atoms with van der Waals surface area (Å²) in [6.45, 7) is -0.391. The van der Waals surface area contributed by atoms with Crippen molar-refractivity contribution in [2.75, 3.05) is 18.6 Å². The molecule has 14 heteroatoms. The molecule has 0 radical (unpaired) electrons. The lowest BCUT2D eigenvalue weighted by atomic mass is 10.1. The first-order valence-electron chi connectivity index (χ1n) is 8.27. The molecule has 0 fully saturated rings. The van der Waals surface area contributed by atoms with Crippen LogP contribution >= 0.6 is 11.8 Å². The smallest absolute Gasteiger partial charge is 0.326 e. The van der Waals surface area contributed by atoms with Gasteiger partial charge in [-0.3, -0.25) is 24.0 Å². The highest BCUT2D eigenvalue weighted by atomic mass is 32.2. The Balaban J connectivity index is 5.35. The summed E-state index contributed by atoms with van der Waals surface area (Å²) >= 11 is 1.38. The number of carboxylic acid groups (broad SMARTS) is 3. The topological polar surface area (TPSA) is 225 Å². The van der Waals surface area contributed by atoms with Crippen LogP contribution in [0.3, 0.4) is 0 Å². The quantitative estimate of drug-likeness (QED) is 0.147. The highest BCUT2D eigenvalue weighted by Gasteiger charge is 2.31. The van der Waals surface area contributed by atoms with Crippen LogP contribution in [0, 0.1) is 0 Å². The molecule has 0 bridgehead atoms. The molecule has 3 atom stereocenters. The van der Waals surface area contributed by atoms with Crippen molar-refractivity contribution in [2.24, 2.45) is 5.73 Å². The van der Waals surface area contributed by atoms with E-state index in [1.165, 1.54) is 11.8 Å². The lowest BCUT2D eigenvalue weighted by molar-refractivity contribution is -0.148. The molecule has 0 aliphatic rings. The van der Waals surface area contributed by atoms with Gasteiger partial charge in [0.05, 0.1) is 19.4 Å². The van der Waals surface area contributed by atoms with E-state index in [4.69, 9.17) is 21.1 Å². The number of carboxylic acids is 3. The highest BCUT2D eigenvalue weighted by Crippen LogP contribution is 2.04. The molecule has 3 unspecified atom stereocenters. The van der Waals surface area contributed by atoms with Gasteiger partial charge in [0.2, 0.25) is 17.7 Å². The molecule has 164 valence electrons. The van der Waals surface area contributed by atoms with Crippen LogP contribution in [0.1, 0.15) is 19.3 Å². The van der Waals surface area contributed by atoms with Gasteiger partial charge in [-0.15, -0.1) is 0 Å². The second-order valence-corrected chi connectivity index (χ2v) is 6.75. The SMILES string of the molecule is CSCCC(NC(=O)CN)C(=O)NC(CC(=O)O)C(=O)NC(CC(=O)O)C(=O)O. The van der Waals surface area contributed by atoms with E-state index in [0.717, 1.165) is 0 Å². The van der Waals surface area contributed by atoms with Gasteiger partial charge < -0.3 is 37.0 Å². The number of nitrogens with one attached hydrogen (secondary N) is 3. The fourth-order valence-electron chi connectivity index (χ4n) is 2.06. The summed E-state index contributed by atoms with van der Waals surface area (Å²) in [4.78, 5) is 69.0. The number of hydrogen-bond acceptors (Lipinski definition) is 8. The van der Waals surface area contributed by atoms with Crippen molar-refractivity contribution in [1.82, 2.24) is 16.0 Å². The van der Waals surface area contributed by atoms with E-state index in [0.29, 0.717) is 5.75 Å². The van der Waals surface area contributed by atoms with Crippen molar-refractivity contribution in [3.63, 3.8) is 0 Å². The van der Waals surface area contributed by atoms with Crippen molar-refractivity contribution >= 4 is 47.4 Å². The number of carbonyl (C=O) groups excluding carboxylic acids is 3. The number of aliphatic carboxylic acids is 3. The summed E-state index contributed by atoms with van der Waals surface area (Å²) in [5, 5.41) is 33.0. The van der Waals surface area contributed by atoms with Crippen molar-refractivity contribution in [1.29, 1.82) is 0 Å². The first-order chi connectivity index (χ1) is 13.5. The van der Waals surface area contributed by atoms with Crippen LogP contribution < -0.4 is 21.7 Å². The normalized spacial score (nSPS) is 13.4. The van der Waals surface area contributed by atoms with E-state index in [1.807, 2.05) is 5.32 Å². The fourth-order valence-corrected chi connectivity index (χ4v) is 2.53. The second-order valence-electron chi connectivity index (χ2n) is 5.76. The van der Waals surface area contributed by atoms with E-state index in [2.05, 4.69) is 10.6 Å². The zero-order valence-electron chi connectivity index (χ0n) is 15.5. The largest absolute Gasteiger partial charge is 0.481 e. The summed E-state index contributed by atoms with van der Waals surface area (Å²) in [6.07, 6.45) is 0.0839. The van der Waals surface area contributed by atoms with E-state index < -0.39 is 73.1 Å². The maximum atomic E-state index is 12.4. The molecule has 0 aromatic carbocycles. The lowest BCUT2D eigenvalue weighted by Gasteiger charge is -2.23. The average molecular weight is 436 g/mol. The monoisotopic (exact) mass is 436 g/mol. The van der Waals surface area contributed by atoms with E-state index >= 15 is 0 Å². The molecular weight excluding hydrogens is 412 g/mol. The average Bonchev–Trinajstić information content (AvgIpc) is 2.62. The Labute approximate surface area is 169 Å². The molecule has 0 saturated heterocycles. The molecule has 3 amide bonds. The molecule has 29 heavy (non-hydrogen) atoms. The molecule has 0 aromatic rings.